The van der Waals surface area contributed by atoms with Gasteiger partial charge in [-0.25, -0.2) is 24.0 Å². The lowest BCUT2D eigenvalue weighted by atomic mass is 10.1. The first kappa shape index (κ1) is 70.0. The van der Waals surface area contributed by atoms with E-state index in [1.165, 1.54) is 0 Å². The van der Waals surface area contributed by atoms with Crippen LogP contribution in [0.3, 0.4) is 0 Å². The van der Waals surface area contributed by atoms with E-state index in [-0.39, 0.29) is 45.3 Å². The van der Waals surface area contributed by atoms with Crippen molar-refractivity contribution in [3.8, 4) is 0 Å². The second-order valence-electron chi connectivity index (χ2n) is 23.6. The zero-order valence-electron chi connectivity index (χ0n) is 49.0. The molecule has 0 aliphatic carbocycles. The molecule has 0 aliphatic heterocycles. The Labute approximate surface area is 464 Å². The smallest absolute Gasteiger partial charge is 0.329 e. The van der Waals surface area contributed by atoms with E-state index in [4.69, 9.17) is 29.4 Å². The largest absolute Gasteiger partial charge is 0.467 e. The van der Waals surface area contributed by atoms with Crippen molar-refractivity contribution in [2.45, 2.75) is 220 Å². The summed E-state index contributed by atoms with van der Waals surface area (Å²) in [5.74, 6) is -7.45. The van der Waals surface area contributed by atoms with Gasteiger partial charge in [0.1, 0.15) is 58.2 Å². The van der Waals surface area contributed by atoms with E-state index >= 15 is 0 Å². The molecule has 0 saturated heterocycles. The summed E-state index contributed by atoms with van der Waals surface area (Å²) in [6, 6.07) is -1.82. The van der Waals surface area contributed by atoms with Gasteiger partial charge in [0.05, 0.1) is 26.4 Å². The van der Waals surface area contributed by atoms with Crippen LogP contribution in [0, 0.1) is 0 Å². The van der Waals surface area contributed by atoms with Crippen LogP contribution in [-0.4, -0.2) is 144 Å². The van der Waals surface area contributed by atoms with Crippen LogP contribution in [0.25, 0.3) is 0 Å². The standard InChI is InChI=1S/C54H88N8O17/c1-50(2,3)75-40(64)25-24-35(47(71)79-54(13,14)15)62-49(73)61-34(46(70)78-53(10,11)12)19-17-18-26-56-48(72)57-31-33-22-20-32(21-23-33)27-39(63)58-36(28-41(65)76-51(4,5)6)43(67)59-37(29-42(66)77-52(7,8)9)44(68)60-38(30-55)45(69)74-16/h20-23,34-38H,17-19,24-31,55H2,1-16H3,(H,58,63)(H,59,67)(H,60,68)(H2,56,57,72)(H2,61,62,73)/t34-,35-,36-,37-,38-/m0/s1. The van der Waals surface area contributed by atoms with E-state index in [0.29, 0.717) is 24.0 Å². The lowest BCUT2D eigenvalue weighted by Gasteiger charge is -2.27. The SMILES string of the molecule is COC(=O)[C@H](CN)NC(=O)[C@H](CC(=O)OC(C)(C)C)NC(=O)[C@H](CC(=O)OC(C)(C)C)NC(=O)Cc1ccc(CNC(=O)NCCCC[C@H](NC(=O)N[C@@H](CCC(=O)OC(C)(C)C)C(=O)OC(C)(C)C)C(=O)OC(C)(C)C)cc1. The highest BCUT2D eigenvalue weighted by Crippen LogP contribution is 2.17. The van der Waals surface area contributed by atoms with E-state index in [1.807, 2.05) is 0 Å². The minimum atomic E-state index is -1.66. The number of hydrogen-bond donors (Lipinski definition) is 8. The van der Waals surface area contributed by atoms with Crippen LogP contribution < -0.4 is 43.0 Å². The summed E-state index contributed by atoms with van der Waals surface area (Å²) in [6.45, 7) is 24.6. The molecule has 5 atom stereocenters. The van der Waals surface area contributed by atoms with Crippen molar-refractivity contribution in [3.63, 3.8) is 0 Å². The number of amides is 7. The highest BCUT2D eigenvalue weighted by Gasteiger charge is 2.35. The molecule has 0 radical (unpaired) electrons. The van der Waals surface area contributed by atoms with Crippen LogP contribution in [0.4, 0.5) is 9.59 Å². The van der Waals surface area contributed by atoms with E-state index in [2.05, 4.69) is 42.0 Å². The van der Waals surface area contributed by atoms with Crippen LogP contribution in [0.15, 0.2) is 24.3 Å². The van der Waals surface area contributed by atoms with E-state index in [9.17, 15) is 52.7 Å². The molecule has 79 heavy (non-hydrogen) atoms. The minimum absolute atomic E-state index is 0.0853. The first-order valence-corrected chi connectivity index (χ1v) is 26.1. The Morgan fingerprint density at radius 2 is 0.873 bits per heavy atom. The average molecular weight is 1120 g/mol. The maximum Gasteiger partial charge on any atom is 0.329 e. The first-order valence-electron chi connectivity index (χ1n) is 26.1. The lowest BCUT2D eigenvalue weighted by molar-refractivity contribution is -0.159. The number of nitrogens with two attached hydrogens (primary N) is 1. The topological polar surface area (TPSA) is 353 Å². The Morgan fingerprint density at radius 1 is 0.456 bits per heavy atom. The number of unbranched alkanes of at least 4 members (excludes halogenated alkanes) is 1. The summed E-state index contributed by atoms with van der Waals surface area (Å²) < 4.78 is 31.8. The maximum atomic E-state index is 13.8. The molecule has 0 fully saturated rings. The normalized spacial score (nSPS) is 13.7. The zero-order chi connectivity index (χ0) is 60.7. The molecule has 25 nitrogen and oxygen atoms in total. The Hall–Kier alpha value is -7.05. The van der Waals surface area contributed by atoms with Gasteiger partial charge in [-0.1, -0.05) is 24.3 Å². The number of esters is 6. The molecule has 1 aromatic carbocycles. The number of urea groups is 2. The predicted molar refractivity (Wildman–Crippen MR) is 288 cm³/mol. The lowest BCUT2D eigenvalue weighted by Crippen LogP contribution is -2.58. The molecule has 0 aromatic heterocycles. The Kier molecular flexibility index (Phi) is 27.9. The molecule has 0 spiro atoms. The number of rotatable bonds is 27. The van der Waals surface area contributed by atoms with Crippen LogP contribution in [-0.2, 0) is 84.5 Å². The average Bonchev–Trinajstić information content (AvgIpc) is 3.27. The number of methoxy groups -OCH3 is 1. The molecule has 9 N–H and O–H groups in total. The first-order chi connectivity index (χ1) is 36.2. The highest BCUT2D eigenvalue weighted by molar-refractivity contribution is 5.97. The van der Waals surface area contributed by atoms with Crippen molar-refractivity contribution in [2.75, 3.05) is 20.2 Å². The van der Waals surface area contributed by atoms with Gasteiger partial charge in [0.15, 0.2) is 0 Å². The van der Waals surface area contributed by atoms with Crippen LogP contribution in [0.1, 0.15) is 160 Å². The highest BCUT2D eigenvalue weighted by atomic mass is 16.6. The minimum Gasteiger partial charge on any atom is -0.467 e. The van der Waals surface area contributed by atoms with Crippen molar-refractivity contribution >= 4 is 65.6 Å². The van der Waals surface area contributed by atoms with Crippen molar-refractivity contribution in [2.24, 2.45) is 5.73 Å². The number of benzene rings is 1. The Morgan fingerprint density at radius 3 is 1.32 bits per heavy atom. The van der Waals surface area contributed by atoms with Gasteiger partial charge in [0.2, 0.25) is 17.7 Å². The Bertz CT molecular complexity index is 2250. The van der Waals surface area contributed by atoms with E-state index < -0.39 is 137 Å². The second-order valence-corrected chi connectivity index (χ2v) is 23.6. The molecule has 1 rings (SSSR count). The van der Waals surface area contributed by atoms with E-state index in [1.54, 1.807) is 128 Å². The molecule has 0 aliphatic rings. The van der Waals surface area contributed by atoms with Crippen molar-refractivity contribution in [1.29, 1.82) is 0 Å². The molecule has 446 valence electrons. The molecule has 25 heteroatoms. The summed E-state index contributed by atoms with van der Waals surface area (Å²) in [5.41, 5.74) is 2.29. The van der Waals surface area contributed by atoms with Gasteiger partial charge in [0, 0.05) is 26.1 Å². The fourth-order valence-electron chi connectivity index (χ4n) is 6.80. The molecule has 0 heterocycles. The number of nitrogens with one attached hydrogen (secondary N) is 7. The van der Waals surface area contributed by atoms with Gasteiger partial charge >= 0.3 is 47.9 Å². The third-order valence-corrected chi connectivity index (χ3v) is 10.0. The van der Waals surface area contributed by atoms with Gasteiger partial charge in [-0.2, -0.15) is 0 Å². The third-order valence-electron chi connectivity index (χ3n) is 10.0. The van der Waals surface area contributed by atoms with Crippen LogP contribution in [0.5, 0.6) is 0 Å². The van der Waals surface area contributed by atoms with Gasteiger partial charge in [0.25, 0.3) is 0 Å². The molecule has 7 amide bonds. The number of carbonyl (C=O) groups is 11. The summed E-state index contributed by atoms with van der Waals surface area (Å²) in [4.78, 5) is 144. The molecule has 0 saturated carbocycles. The quantitative estimate of drug-likeness (QED) is 0.0356. The molecule has 0 unspecified atom stereocenters. The summed E-state index contributed by atoms with van der Waals surface area (Å²) in [7, 11) is 1.08. The van der Waals surface area contributed by atoms with Crippen LogP contribution >= 0.6 is 0 Å². The maximum absolute atomic E-state index is 13.8. The number of ether oxygens (including phenoxy) is 6. The second kappa shape index (κ2) is 31.5. The van der Waals surface area contributed by atoms with Crippen molar-refractivity contribution < 1.29 is 81.2 Å². The third kappa shape index (κ3) is 32.5. The Balaban J connectivity index is 3.01. The van der Waals surface area contributed by atoms with Gasteiger partial charge in [-0.05, 0) is 141 Å². The fourth-order valence-corrected chi connectivity index (χ4v) is 6.80. The molecular formula is C54H88N8O17. The monoisotopic (exact) mass is 1120 g/mol. The van der Waals surface area contributed by atoms with E-state index in [0.717, 1.165) is 7.11 Å². The summed E-state index contributed by atoms with van der Waals surface area (Å²) in [5, 5.41) is 17.8. The molecular weight excluding hydrogens is 1030 g/mol. The van der Waals surface area contributed by atoms with Crippen LogP contribution in [0.2, 0.25) is 0 Å². The summed E-state index contributed by atoms with van der Waals surface area (Å²) >= 11 is 0. The van der Waals surface area contributed by atoms with Gasteiger partial charge < -0.3 is 71.4 Å². The number of carbonyl (C=O) groups excluding carboxylic acids is 11. The predicted octanol–water partition coefficient (Wildman–Crippen LogP) is 3.09. The van der Waals surface area contributed by atoms with Gasteiger partial charge in [-0.15, -0.1) is 0 Å². The molecule has 1 aromatic rings. The molecule has 0 bridgehead atoms. The summed E-state index contributed by atoms with van der Waals surface area (Å²) in [6.07, 6.45) is -1.14. The van der Waals surface area contributed by atoms with Crippen molar-refractivity contribution in [3.05, 3.63) is 35.4 Å². The zero-order valence-corrected chi connectivity index (χ0v) is 49.0. The van der Waals surface area contributed by atoms with Crippen molar-refractivity contribution in [1.82, 2.24) is 37.2 Å². The number of hydrogen-bond acceptors (Lipinski definition) is 18. The fraction of sp³-hybridized carbons (Fsp3) is 0.685. The van der Waals surface area contributed by atoms with Gasteiger partial charge in [-0.3, -0.25) is 28.8 Å².